The van der Waals surface area contributed by atoms with Gasteiger partial charge in [0.1, 0.15) is 10.6 Å². The average molecular weight is 368 g/mol. The summed E-state index contributed by atoms with van der Waals surface area (Å²) in [6.07, 6.45) is 5.77. The Morgan fingerprint density at radius 3 is 2.81 bits per heavy atom. The maximum Gasteiger partial charge on any atom is 0.306 e. The summed E-state index contributed by atoms with van der Waals surface area (Å²) in [5.74, 6) is 0.631. The molecule has 0 unspecified atom stereocenters. The first-order chi connectivity index (χ1) is 12.7. The lowest BCUT2D eigenvalue weighted by molar-refractivity contribution is -0.142. The van der Waals surface area contributed by atoms with E-state index in [2.05, 4.69) is 22.9 Å². The van der Waals surface area contributed by atoms with Gasteiger partial charge in [-0.15, -0.1) is 11.3 Å². The summed E-state index contributed by atoms with van der Waals surface area (Å²) >= 11 is 1.70. The Bertz CT molecular complexity index is 933. The second kappa shape index (κ2) is 6.99. The number of rotatable bonds is 4. The van der Waals surface area contributed by atoms with Crippen molar-refractivity contribution in [1.29, 1.82) is 0 Å². The van der Waals surface area contributed by atoms with Crippen LogP contribution >= 0.6 is 11.3 Å². The van der Waals surface area contributed by atoms with Crippen molar-refractivity contribution < 1.29 is 9.90 Å². The quantitative estimate of drug-likeness (QED) is 0.758. The number of aromatic nitrogens is 3. The number of piperidine rings is 1. The molecule has 0 aromatic carbocycles. The Hall–Kier alpha value is -2.54. The summed E-state index contributed by atoms with van der Waals surface area (Å²) in [4.78, 5) is 29.5. The van der Waals surface area contributed by atoms with Crippen molar-refractivity contribution in [2.24, 2.45) is 5.92 Å². The highest BCUT2D eigenvalue weighted by molar-refractivity contribution is 7.18. The summed E-state index contributed by atoms with van der Waals surface area (Å²) < 4.78 is 0. The molecule has 26 heavy (non-hydrogen) atoms. The summed E-state index contributed by atoms with van der Waals surface area (Å²) in [7, 11) is 0. The van der Waals surface area contributed by atoms with Gasteiger partial charge in [0.25, 0.3) is 0 Å². The molecule has 0 saturated carbocycles. The number of anilines is 1. The number of carboxylic acids is 1. The van der Waals surface area contributed by atoms with E-state index in [0.717, 1.165) is 28.0 Å². The first-order valence-corrected chi connectivity index (χ1v) is 9.66. The maximum absolute atomic E-state index is 11.2. The van der Waals surface area contributed by atoms with Gasteiger partial charge >= 0.3 is 5.97 Å². The zero-order valence-electron chi connectivity index (χ0n) is 14.6. The van der Waals surface area contributed by atoms with Crippen molar-refractivity contribution in [2.45, 2.75) is 26.2 Å². The molecule has 1 saturated heterocycles. The molecule has 3 aromatic heterocycles. The van der Waals surface area contributed by atoms with E-state index in [0.29, 0.717) is 31.8 Å². The van der Waals surface area contributed by atoms with Gasteiger partial charge < -0.3 is 10.0 Å². The number of carbonyl (C=O) groups is 1. The largest absolute Gasteiger partial charge is 0.481 e. The summed E-state index contributed by atoms with van der Waals surface area (Å²) in [6.45, 7) is 3.54. The SMILES string of the molecule is CCc1cc2c(N3CCC(C(=O)O)CC3)nc(-c3cccnc3)nc2s1. The molecule has 0 aliphatic carbocycles. The molecule has 1 fully saturated rings. The number of aliphatic carboxylic acids is 1. The lowest BCUT2D eigenvalue weighted by atomic mass is 9.97. The van der Waals surface area contributed by atoms with E-state index in [1.165, 1.54) is 4.88 Å². The topological polar surface area (TPSA) is 79.2 Å². The van der Waals surface area contributed by atoms with E-state index < -0.39 is 5.97 Å². The molecule has 0 radical (unpaired) electrons. The second-order valence-electron chi connectivity index (χ2n) is 6.50. The van der Waals surface area contributed by atoms with Crippen molar-refractivity contribution >= 4 is 33.3 Å². The number of hydrogen-bond acceptors (Lipinski definition) is 6. The van der Waals surface area contributed by atoms with Crippen LogP contribution in [0.15, 0.2) is 30.6 Å². The molecule has 1 N–H and O–H groups in total. The number of hydrogen-bond donors (Lipinski definition) is 1. The average Bonchev–Trinajstić information content (AvgIpc) is 3.11. The highest BCUT2D eigenvalue weighted by atomic mass is 32.1. The van der Waals surface area contributed by atoms with Crippen LogP contribution < -0.4 is 4.90 Å². The van der Waals surface area contributed by atoms with Crippen LogP contribution in [0.5, 0.6) is 0 Å². The number of fused-ring (bicyclic) bond motifs is 1. The monoisotopic (exact) mass is 368 g/mol. The molecule has 134 valence electrons. The van der Waals surface area contributed by atoms with E-state index in [1.54, 1.807) is 23.7 Å². The van der Waals surface area contributed by atoms with Crippen LogP contribution in [0, 0.1) is 5.92 Å². The number of aryl methyl sites for hydroxylation is 1. The van der Waals surface area contributed by atoms with Crippen LogP contribution in [0.2, 0.25) is 0 Å². The normalized spacial score (nSPS) is 15.5. The molecule has 4 rings (SSSR count). The van der Waals surface area contributed by atoms with E-state index >= 15 is 0 Å². The Morgan fingerprint density at radius 2 is 2.15 bits per heavy atom. The third kappa shape index (κ3) is 3.14. The predicted octanol–water partition coefficient (Wildman–Crippen LogP) is 3.62. The van der Waals surface area contributed by atoms with Crippen molar-refractivity contribution in [3.05, 3.63) is 35.5 Å². The molecule has 1 aliphatic heterocycles. The van der Waals surface area contributed by atoms with Crippen LogP contribution in [-0.4, -0.2) is 39.1 Å². The van der Waals surface area contributed by atoms with Gasteiger partial charge in [-0.25, -0.2) is 9.97 Å². The second-order valence-corrected chi connectivity index (χ2v) is 7.61. The summed E-state index contributed by atoms with van der Waals surface area (Å²) in [5, 5.41) is 10.3. The minimum absolute atomic E-state index is 0.255. The molecule has 0 amide bonds. The molecular weight excluding hydrogens is 348 g/mol. The van der Waals surface area contributed by atoms with E-state index in [1.807, 2.05) is 12.1 Å². The molecular formula is C19H20N4O2S. The van der Waals surface area contributed by atoms with E-state index in [-0.39, 0.29) is 5.92 Å². The van der Waals surface area contributed by atoms with Gasteiger partial charge in [0.15, 0.2) is 5.82 Å². The van der Waals surface area contributed by atoms with Crippen LogP contribution in [0.3, 0.4) is 0 Å². The molecule has 0 bridgehead atoms. The molecule has 0 spiro atoms. The fourth-order valence-electron chi connectivity index (χ4n) is 3.33. The van der Waals surface area contributed by atoms with Gasteiger partial charge in [0.2, 0.25) is 0 Å². The molecule has 3 aromatic rings. The Morgan fingerprint density at radius 1 is 1.35 bits per heavy atom. The van der Waals surface area contributed by atoms with E-state index in [9.17, 15) is 9.90 Å². The van der Waals surface area contributed by atoms with Crippen molar-refractivity contribution in [3.8, 4) is 11.4 Å². The third-order valence-electron chi connectivity index (χ3n) is 4.84. The number of nitrogens with zero attached hydrogens (tertiary/aromatic N) is 4. The van der Waals surface area contributed by atoms with Crippen LogP contribution in [0.25, 0.3) is 21.6 Å². The Kier molecular flexibility index (Phi) is 4.55. The predicted molar refractivity (Wildman–Crippen MR) is 103 cm³/mol. The zero-order chi connectivity index (χ0) is 18.1. The molecule has 7 heteroatoms. The van der Waals surface area contributed by atoms with Crippen molar-refractivity contribution in [3.63, 3.8) is 0 Å². The molecule has 6 nitrogen and oxygen atoms in total. The van der Waals surface area contributed by atoms with Crippen LogP contribution in [-0.2, 0) is 11.2 Å². The first-order valence-electron chi connectivity index (χ1n) is 8.84. The van der Waals surface area contributed by atoms with Gasteiger partial charge in [-0.05, 0) is 37.5 Å². The van der Waals surface area contributed by atoms with Crippen LogP contribution in [0.1, 0.15) is 24.6 Å². The molecule has 4 heterocycles. The fourth-order valence-corrected chi connectivity index (χ4v) is 4.30. The van der Waals surface area contributed by atoms with Crippen molar-refractivity contribution in [1.82, 2.24) is 15.0 Å². The molecule has 1 aliphatic rings. The van der Waals surface area contributed by atoms with Gasteiger partial charge in [-0.3, -0.25) is 9.78 Å². The molecule has 0 atom stereocenters. The fraction of sp³-hybridized carbons (Fsp3) is 0.368. The van der Waals surface area contributed by atoms with Crippen LogP contribution in [0.4, 0.5) is 5.82 Å². The third-order valence-corrected chi connectivity index (χ3v) is 6.01. The van der Waals surface area contributed by atoms with Crippen molar-refractivity contribution in [2.75, 3.05) is 18.0 Å². The lowest BCUT2D eigenvalue weighted by Gasteiger charge is -2.31. The first kappa shape index (κ1) is 16.9. The van der Waals surface area contributed by atoms with Gasteiger partial charge in [-0.2, -0.15) is 0 Å². The van der Waals surface area contributed by atoms with Gasteiger partial charge in [-0.1, -0.05) is 6.92 Å². The highest BCUT2D eigenvalue weighted by Gasteiger charge is 2.27. The standard InChI is InChI=1S/C19H20N4O2S/c1-2-14-10-15-17(23-8-5-12(6-9-23)19(24)25)21-16(22-18(15)26-14)13-4-3-7-20-11-13/h3-4,7,10-12H,2,5-6,8-9H2,1H3,(H,24,25). The minimum atomic E-state index is -0.697. The number of carboxylic acid groups (broad SMARTS) is 1. The lowest BCUT2D eigenvalue weighted by Crippen LogP contribution is -2.37. The zero-order valence-corrected chi connectivity index (χ0v) is 15.4. The minimum Gasteiger partial charge on any atom is -0.481 e. The number of thiophene rings is 1. The summed E-state index contributed by atoms with van der Waals surface area (Å²) in [5.41, 5.74) is 0.891. The smallest absolute Gasteiger partial charge is 0.306 e. The summed E-state index contributed by atoms with van der Waals surface area (Å²) in [6, 6.07) is 6.02. The van der Waals surface area contributed by atoms with Gasteiger partial charge in [0.05, 0.1) is 11.3 Å². The highest BCUT2D eigenvalue weighted by Crippen LogP contribution is 2.35. The Balaban J connectivity index is 1.77. The van der Waals surface area contributed by atoms with E-state index in [4.69, 9.17) is 9.97 Å². The maximum atomic E-state index is 11.2. The number of pyridine rings is 1. The van der Waals surface area contributed by atoms with Gasteiger partial charge in [0, 0.05) is 35.9 Å². The Labute approximate surface area is 155 Å².